The molecule has 0 radical (unpaired) electrons. The number of hydrogen-bond acceptors (Lipinski definition) is 4. The first kappa shape index (κ1) is 11.4. The summed E-state index contributed by atoms with van der Waals surface area (Å²) in [5.74, 6) is 0.567. The van der Waals surface area contributed by atoms with Crippen LogP contribution in [0.15, 0.2) is 11.4 Å². The van der Waals surface area contributed by atoms with E-state index in [4.69, 9.17) is 9.47 Å². The molecular weight excluding hydrogens is 226 g/mol. The van der Waals surface area contributed by atoms with Crippen LogP contribution in [0.1, 0.15) is 16.6 Å². The number of amides is 1. The van der Waals surface area contributed by atoms with Crippen molar-refractivity contribution in [1.29, 1.82) is 0 Å². The van der Waals surface area contributed by atoms with Crippen LogP contribution in [-0.2, 0) is 4.74 Å². The fraction of sp³-hybridized carbons (Fsp3) is 0.545. The lowest BCUT2D eigenvalue weighted by Crippen LogP contribution is -2.48. The Hall–Kier alpha value is -1.07. The average molecular weight is 241 g/mol. The fourth-order valence-electron chi connectivity index (χ4n) is 1.55. The summed E-state index contributed by atoms with van der Waals surface area (Å²) >= 11 is 1.39. The first-order valence-electron chi connectivity index (χ1n) is 5.12. The molecule has 16 heavy (non-hydrogen) atoms. The third-order valence-corrected chi connectivity index (χ3v) is 3.53. The van der Waals surface area contributed by atoms with E-state index < -0.39 is 0 Å². The van der Waals surface area contributed by atoms with Crippen LogP contribution < -0.4 is 10.1 Å². The standard InChI is InChI=1S/C11H15NO3S/c1-11(6-15-7-11)5-12-10(13)9-8(14-2)3-4-16-9/h3-4H,5-7H2,1-2H3,(H,12,13). The van der Waals surface area contributed by atoms with Crippen molar-refractivity contribution in [3.05, 3.63) is 16.3 Å². The van der Waals surface area contributed by atoms with Crippen LogP contribution in [0.25, 0.3) is 0 Å². The monoisotopic (exact) mass is 241 g/mol. The minimum Gasteiger partial charge on any atom is -0.495 e. The van der Waals surface area contributed by atoms with E-state index in [0.717, 1.165) is 13.2 Å². The maximum atomic E-state index is 11.9. The molecule has 0 bridgehead atoms. The molecule has 0 unspecified atom stereocenters. The minimum absolute atomic E-state index is 0.0695. The lowest BCUT2D eigenvalue weighted by atomic mass is 9.89. The van der Waals surface area contributed by atoms with Gasteiger partial charge >= 0.3 is 0 Å². The second-order valence-corrected chi connectivity index (χ2v) is 5.22. The molecule has 1 aliphatic rings. The molecule has 4 nitrogen and oxygen atoms in total. The summed E-state index contributed by atoms with van der Waals surface area (Å²) in [5.41, 5.74) is 0.0974. The molecule has 0 aliphatic carbocycles. The zero-order valence-corrected chi connectivity index (χ0v) is 10.2. The summed E-state index contributed by atoms with van der Waals surface area (Å²) in [6.07, 6.45) is 0. The van der Waals surface area contributed by atoms with Crippen molar-refractivity contribution in [3.8, 4) is 5.75 Å². The molecule has 5 heteroatoms. The summed E-state index contributed by atoms with van der Waals surface area (Å²) in [6.45, 7) is 4.18. The lowest BCUT2D eigenvalue weighted by molar-refractivity contribution is -0.0978. The van der Waals surface area contributed by atoms with E-state index >= 15 is 0 Å². The van der Waals surface area contributed by atoms with Gasteiger partial charge in [-0.1, -0.05) is 6.92 Å². The summed E-state index contributed by atoms with van der Waals surface area (Å²) in [7, 11) is 1.57. The fourth-order valence-corrected chi connectivity index (χ4v) is 2.32. The van der Waals surface area contributed by atoms with Crippen molar-refractivity contribution in [3.63, 3.8) is 0 Å². The Morgan fingerprint density at radius 3 is 3.00 bits per heavy atom. The predicted octanol–water partition coefficient (Wildman–Crippen LogP) is 1.52. The van der Waals surface area contributed by atoms with E-state index in [1.807, 2.05) is 5.38 Å². The van der Waals surface area contributed by atoms with E-state index in [1.165, 1.54) is 11.3 Å². The molecule has 1 N–H and O–H groups in total. The first-order chi connectivity index (χ1) is 7.64. The van der Waals surface area contributed by atoms with E-state index in [-0.39, 0.29) is 11.3 Å². The summed E-state index contributed by atoms with van der Waals surface area (Å²) in [4.78, 5) is 12.5. The Balaban J connectivity index is 1.93. The van der Waals surface area contributed by atoms with Gasteiger partial charge < -0.3 is 14.8 Å². The molecule has 1 aromatic rings. The normalized spacial score (nSPS) is 17.6. The molecule has 1 fully saturated rings. The van der Waals surface area contributed by atoms with Gasteiger partial charge in [0.05, 0.1) is 20.3 Å². The van der Waals surface area contributed by atoms with Crippen LogP contribution >= 0.6 is 11.3 Å². The third kappa shape index (κ3) is 2.20. The van der Waals surface area contributed by atoms with Crippen molar-refractivity contribution in [2.75, 3.05) is 26.9 Å². The van der Waals surface area contributed by atoms with Gasteiger partial charge in [-0.3, -0.25) is 4.79 Å². The number of nitrogens with one attached hydrogen (secondary N) is 1. The van der Waals surface area contributed by atoms with Crippen LogP contribution in [0, 0.1) is 5.41 Å². The Labute approximate surface area is 98.6 Å². The highest BCUT2D eigenvalue weighted by Crippen LogP contribution is 2.27. The molecule has 1 amide bonds. The van der Waals surface area contributed by atoms with Gasteiger partial charge in [0.1, 0.15) is 10.6 Å². The Kier molecular flexibility index (Phi) is 3.16. The molecule has 0 spiro atoms. The third-order valence-electron chi connectivity index (χ3n) is 2.63. The van der Waals surface area contributed by atoms with Gasteiger partial charge in [-0.05, 0) is 11.4 Å². The summed E-state index contributed by atoms with van der Waals surface area (Å²) in [5, 5.41) is 4.76. The second-order valence-electron chi connectivity index (χ2n) is 4.30. The van der Waals surface area contributed by atoms with Crippen molar-refractivity contribution in [2.45, 2.75) is 6.92 Å². The molecule has 2 heterocycles. The molecule has 0 aromatic carbocycles. The van der Waals surface area contributed by atoms with Crippen molar-refractivity contribution < 1.29 is 14.3 Å². The lowest BCUT2D eigenvalue weighted by Gasteiger charge is -2.37. The van der Waals surface area contributed by atoms with Crippen LogP contribution in [0.5, 0.6) is 5.75 Å². The number of ether oxygens (including phenoxy) is 2. The number of hydrogen-bond donors (Lipinski definition) is 1. The largest absolute Gasteiger partial charge is 0.495 e. The molecule has 1 aliphatic heterocycles. The highest BCUT2D eigenvalue weighted by molar-refractivity contribution is 7.12. The minimum atomic E-state index is -0.0695. The Morgan fingerprint density at radius 1 is 1.69 bits per heavy atom. The van der Waals surface area contributed by atoms with Crippen molar-refractivity contribution >= 4 is 17.2 Å². The maximum Gasteiger partial charge on any atom is 0.265 e. The average Bonchev–Trinajstić information content (AvgIpc) is 2.71. The zero-order valence-electron chi connectivity index (χ0n) is 9.41. The molecule has 0 saturated carbocycles. The number of methoxy groups -OCH3 is 1. The SMILES string of the molecule is COc1ccsc1C(=O)NCC1(C)COC1. The van der Waals surface area contributed by atoms with Crippen LogP contribution in [0.2, 0.25) is 0 Å². The number of carbonyl (C=O) groups is 1. The molecule has 88 valence electrons. The number of rotatable bonds is 4. The number of thiophene rings is 1. The van der Waals surface area contributed by atoms with E-state index in [9.17, 15) is 4.79 Å². The van der Waals surface area contributed by atoms with Crippen LogP contribution in [0.4, 0.5) is 0 Å². The van der Waals surface area contributed by atoms with Gasteiger partial charge in [-0.15, -0.1) is 11.3 Å². The van der Waals surface area contributed by atoms with Gasteiger partial charge in [0.25, 0.3) is 5.91 Å². The summed E-state index contributed by atoms with van der Waals surface area (Å²) < 4.78 is 10.2. The van der Waals surface area contributed by atoms with Gasteiger partial charge in [-0.25, -0.2) is 0 Å². The quantitative estimate of drug-likeness (QED) is 0.869. The highest BCUT2D eigenvalue weighted by Gasteiger charge is 2.33. The van der Waals surface area contributed by atoms with Crippen molar-refractivity contribution in [1.82, 2.24) is 5.32 Å². The Morgan fingerprint density at radius 2 is 2.44 bits per heavy atom. The number of carbonyl (C=O) groups excluding carboxylic acids is 1. The maximum absolute atomic E-state index is 11.9. The van der Waals surface area contributed by atoms with E-state index in [2.05, 4.69) is 12.2 Å². The second kappa shape index (κ2) is 4.43. The van der Waals surface area contributed by atoms with Gasteiger partial charge in [0.15, 0.2) is 0 Å². The van der Waals surface area contributed by atoms with Crippen LogP contribution in [-0.4, -0.2) is 32.8 Å². The molecule has 2 rings (SSSR count). The topological polar surface area (TPSA) is 47.6 Å². The van der Waals surface area contributed by atoms with Crippen molar-refractivity contribution in [2.24, 2.45) is 5.41 Å². The highest BCUT2D eigenvalue weighted by atomic mass is 32.1. The molecular formula is C11H15NO3S. The Bertz CT molecular complexity index is 384. The van der Waals surface area contributed by atoms with Gasteiger partial charge in [0, 0.05) is 12.0 Å². The van der Waals surface area contributed by atoms with E-state index in [0.29, 0.717) is 17.2 Å². The van der Waals surface area contributed by atoms with Gasteiger partial charge in [0.2, 0.25) is 0 Å². The van der Waals surface area contributed by atoms with Crippen LogP contribution in [0.3, 0.4) is 0 Å². The first-order valence-corrected chi connectivity index (χ1v) is 6.00. The molecule has 1 aromatic heterocycles. The molecule has 0 atom stereocenters. The summed E-state index contributed by atoms with van der Waals surface area (Å²) in [6, 6.07) is 1.80. The zero-order chi connectivity index (χ0) is 11.6. The smallest absolute Gasteiger partial charge is 0.265 e. The van der Waals surface area contributed by atoms with Gasteiger partial charge in [-0.2, -0.15) is 0 Å². The predicted molar refractivity (Wildman–Crippen MR) is 62.1 cm³/mol. The molecule has 1 saturated heterocycles. The van der Waals surface area contributed by atoms with E-state index in [1.54, 1.807) is 13.2 Å².